The van der Waals surface area contributed by atoms with Crippen LogP contribution in [-0.2, 0) is 0 Å². The predicted octanol–water partition coefficient (Wildman–Crippen LogP) is 3.18. The summed E-state index contributed by atoms with van der Waals surface area (Å²) in [5, 5.41) is 8.75. The van der Waals surface area contributed by atoms with Crippen molar-refractivity contribution in [2.24, 2.45) is 0 Å². The number of ether oxygens (including phenoxy) is 1. The maximum absolute atomic E-state index is 8.75. The van der Waals surface area contributed by atoms with Gasteiger partial charge in [0.25, 0.3) is 0 Å². The summed E-state index contributed by atoms with van der Waals surface area (Å²) in [5.74, 6) is 0.818. The third kappa shape index (κ3) is 3.06. The van der Waals surface area contributed by atoms with Crippen LogP contribution in [-0.4, -0.2) is 27.9 Å². The monoisotopic (exact) mass is 282 g/mol. The van der Waals surface area contributed by atoms with Crippen LogP contribution in [0.15, 0.2) is 54.9 Å². The van der Waals surface area contributed by atoms with Gasteiger partial charge in [-0.05, 0) is 37.1 Å². The van der Waals surface area contributed by atoms with Crippen molar-refractivity contribution in [2.45, 2.75) is 12.8 Å². The van der Waals surface area contributed by atoms with Crippen molar-refractivity contribution >= 4 is 11.0 Å². The lowest BCUT2D eigenvalue weighted by Gasteiger charge is -2.07. The fourth-order valence-electron chi connectivity index (χ4n) is 2.28. The van der Waals surface area contributed by atoms with E-state index >= 15 is 0 Å². The van der Waals surface area contributed by atoms with Crippen LogP contribution < -0.4 is 4.74 Å². The van der Waals surface area contributed by atoms with Crippen LogP contribution in [0.25, 0.3) is 16.7 Å². The molecule has 3 rings (SSSR count). The predicted molar refractivity (Wildman–Crippen MR) is 82.9 cm³/mol. The van der Waals surface area contributed by atoms with E-state index in [0.29, 0.717) is 6.61 Å². The zero-order valence-corrected chi connectivity index (χ0v) is 11.8. The highest BCUT2D eigenvalue weighted by atomic mass is 16.5. The largest absolute Gasteiger partial charge is 0.494 e. The first-order valence-corrected chi connectivity index (χ1v) is 7.14. The highest BCUT2D eigenvalue weighted by Crippen LogP contribution is 2.22. The Morgan fingerprint density at radius 2 is 1.90 bits per heavy atom. The molecule has 3 aromatic rings. The van der Waals surface area contributed by atoms with E-state index in [1.165, 1.54) is 0 Å². The molecule has 2 aromatic carbocycles. The van der Waals surface area contributed by atoms with Gasteiger partial charge in [0, 0.05) is 18.4 Å². The number of benzene rings is 2. The number of rotatable bonds is 6. The second-order valence-electron chi connectivity index (χ2n) is 4.88. The Kier molecular flexibility index (Phi) is 4.17. The molecule has 0 spiro atoms. The quantitative estimate of drug-likeness (QED) is 0.706. The zero-order valence-electron chi connectivity index (χ0n) is 11.8. The van der Waals surface area contributed by atoms with Gasteiger partial charge in [-0.25, -0.2) is 4.98 Å². The summed E-state index contributed by atoms with van der Waals surface area (Å²) in [6, 6.07) is 16.1. The molecule has 1 aromatic heterocycles. The van der Waals surface area contributed by atoms with Crippen molar-refractivity contribution < 1.29 is 9.84 Å². The number of aromatic nitrogens is 2. The van der Waals surface area contributed by atoms with Crippen LogP contribution in [0.2, 0.25) is 0 Å². The van der Waals surface area contributed by atoms with Gasteiger partial charge in [-0.15, -0.1) is 0 Å². The van der Waals surface area contributed by atoms with Crippen LogP contribution in [0.5, 0.6) is 5.75 Å². The number of nitrogens with zero attached hydrogens (tertiary/aromatic N) is 2. The molecular formula is C17H18N2O2. The summed E-state index contributed by atoms with van der Waals surface area (Å²) in [5.41, 5.74) is 3.07. The second-order valence-corrected chi connectivity index (χ2v) is 4.88. The highest BCUT2D eigenvalue weighted by molar-refractivity contribution is 5.78. The number of hydrogen-bond acceptors (Lipinski definition) is 3. The minimum absolute atomic E-state index is 0.212. The molecule has 0 aliphatic heterocycles. The van der Waals surface area contributed by atoms with E-state index in [0.717, 1.165) is 35.3 Å². The second kappa shape index (κ2) is 6.41. The smallest absolute Gasteiger partial charge is 0.121 e. The first-order valence-electron chi connectivity index (χ1n) is 7.14. The van der Waals surface area contributed by atoms with Gasteiger partial charge in [0.1, 0.15) is 12.1 Å². The van der Waals surface area contributed by atoms with Gasteiger partial charge in [-0.3, -0.25) is 4.57 Å². The SMILES string of the molecule is OCCCCOc1ccc2c(c1)ncn2-c1ccccc1. The number of fused-ring (bicyclic) bond motifs is 1. The number of imidazole rings is 1. The van der Waals surface area contributed by atoms with E-state index in [9.17, 15) is 0 Å². The molecule has 108 valence electrons. The van der Waals surface area contributed by atoms with Crippen LogP contribution in [0, 0.1) is 0 Å². The maximum atomic E-state index is 8.75. The van der Waals surface area contributed by atoms with Crippen molar-refractivity contribution in [3.8, 4) is 11.4 Å². The maximum Gasteiger partial charge on any atom is 0.121 e. The summed E-state index contributed by atoms with van der Waals surface area (Å²) in [7, 11) is 0. The molecular weight excluding hydrogens is 264 g/mol. The Bertz CT molecular complexity index is 707. The molecule has 0 saturated heterocycles. The Balaban J connectivity index is 1.81. The zero-order chi connectivity index (χ0) is 14.5. The summed E-state index contributed by atoms with van der Waals surface area (Å²) in [4.78, 5) is 4.44. The highest BCUT2D eigenvalue weighted by Gasteiger charge is 2.05. The Hall–Kier alpha value is -2.33. The molecule has 0 radical (unpaired) electrons. The van der Waals surface area contributed by atoms with E-state index < -0.39 is 0 Å². The lowest BCUT2D eigenvalue weighted by molar-refractivity contribution is 0.253. The van der Waals surface area contributed by atoms with Gasteiger partial charge >= 0.3 is 0 Å². The molecule has 0 fully saturated rings. The van der Waals surface area contributed by atoms with E-state index in [1.54, 1.807) is 0 Å². The van der Waals surface area contributed by atoms with Crippen LogP contribution >= 0.6 is 0 Å². The fourth-order valence-corrected chi connectivity index (χ4v) is 2.28. The topological polar surface area (TPSA) is 47.3 Å². The molecule has 0 atom stereocenters. The van der Waals surface area contributed by atoms with E-state index in [2.05, 4.69) is 21.7 Å². The summed E-state index contributed by atoms with van der Waals surface area (Å²) < 4.78 is 7.73. The van der Waals surface area contributed by atoms with Crippen molar-refractivity contribution in [3.05, 3.63) is 54.9 Å². The van der Waals surface area contributed by atoms with Gasteiger partial charge in [0.2, 0.25) is 0 Å². The molecule has 4 nitrogen and oxygen atoms in total. The third-order valence-electron chi connectivity index (χ3n) is 3.37. The lowest BCUT2D eigenvalue weighted by atomic mass is 10.2. The van der Waals surface area contributed by atoms with Crippen LogP contribution in [0.1, 0.15) is 12.8 Å². The Labute approximate surface area is 123 Å². The number of aliphatic hydroxyl groups excluding tert-OH is 1. The fraction of sp³-hybridized carbons (Fsp3) is 0.235. The molecule has 1 N–H and O–H groups in total. The van der Waals surface area contributed by atoms with Gasteiger partial charge in [0.15, 0.2) is 0 Å². The summed E-state index contributed by atoms with van der Waals surface area (Å²) >= 11 is 0. The summed E-state index contributed by atoms with van der Waals surface area (Å²) in [6.45, 7) is 0.829. The Morgan fingerprint density at radius 3 is 2.71 bits per heavy atom. The molecule has 21 heavy (non-hydrogen) atoms. The van der Waals surface area contributed by atoms with Crippen molar-refractivity contribution in [3.63, 3.8) is 0 Å². The number of aliphatic hydroxyl groups is 1. The van der Waals surface area contributed by atoms with Gasteiger partial charge in [-0.2, -0.15) is 0 Å². The third-order valence-corrected chi connectivity index (χ3v) is 3.37. The molecule has 0 amide bonds. The molecule has 0 aliphatic rings. The van der Waals surface area contributed by atoms with E-state index in [4.69, 9.17) is 9.84 Å². The van der Waals surface area contributed by atoms with Crippen molar-refractivity contribution in [1.29, 1.82) is 0 Å². The van der Waals surface area contributed by atoms with Crippen molar-refractivity contribution in [2.75, 3.05) is 13.2 Å². The number of unbranched alkanes of at least 4 members (excludes halogenated alkanes) is 1. The average molecular weight is 282 g/mol. The van der Waals surface area contributed by atoms with Gasteiger partial charge < -0.3 is 9.84 Å². The normalized spacial score (nSPS) is 10.9. The average Bonchev–Trinajstić information content (AvgIpc) is 2.95. The van der Waals surface area contributed by atoms with Gasteiger partial charge in [0.05, 0.1) is 17.6 Å². The van der Waals surface area contributed by atoms with E-state index in [1.807, 2.05) is 42.7 Å². The van der Waals surface area contributed by atoms with Crippen LogP contribution in [0.4, 0.5) is 0 Å². The number of hydrogen-bond donors (Lipinski definition) is 1. The minimum atomic E-state index is 0.212. The minimum Gasteiger partial charge on any atom is -0.494 e. The molecule has 0 saturated carbocycles. The first kappa shape index (κ1) is 13.6. The molecule has 1 heterocycles. The number of para-hydroxylation sites is 1. The summed E-state index contributed by atoms with van der Waals surface area (Å²) in [6.07, 6.45) is 3.45. The first-order chi connectivity index (χ1) is 10.4. The molecule has 4 heteroatoms. The van der Waals surface area contributed by atoms with Gasteiger partial charge in [-0.1, -0.05) is 18.2 Å². The lowest BCUT2D eigenvalue weighted by Crippen LogP contribution is -1.98. The van der Waals surface area contributed by atoms with Crippen molar-refractivity contribution in [1.82, 2.24) is 9.55 Å². The molecule has 0 unspecified atom stereocenters. The Morgan fingerprint density at radius 1 is 1.05 bits per heavy atom. The van der Waals surface area contributed by atoms with E-state index in [-0.39, 0.29) is 6.61 Å². The molecule has 0 aliphatic carbocycles. The standard InChI is InChI=1S/C17H18N2O2/c20-10-4-5-11-21-15-8-9-17-16(12-15)18-13-19(17)14-6-2-1-3-7-14/h1-3,6-9,12-13,20H,4-5,10-11H2. The van der Waals surface area contributed by atoms with Crippen LogP contribution in [0.3, 0.4) is 0 Å². The molecule has 0 bridgehead atoms.